The maximum absolute atomic E-state index is 11.0. The number of aliphatic carboxylic acids is 1. The molecule has 3 heteroatoms. The van der Waals surface area contributed by atoms with Gasteiger partial charge >= 0.3 is 5.97 Å². The van der Waals surface area contributed by atoms with E-state index in [1.807, 2.05) is 0 Å². The Morgan fingerprint density at radius 3 is 2.12 bits per heavy atom. The minimum absolute atomic E-state index is 0.251. The first-order valence-corrected chi connectivity index (χ1v) is 7.14. The van der Waals surface area contributed by atoms with Gasteiger partial charge in [-0.15, -0.1) is 0 Å². The monoisotopic (exact) mass is 241 g/mol. The molecule has 0 aliphatic heterocycles. The summed E-state index contributed by atoms with van der Waals surface area (Å²) in [5.74, 6) is -0.0559. The lowest BCUT2D eigenvalue weighted by Crippen LogP contribution is -2.42. The van der Waals surface area contributed by atoms with Crippen molar-refractivity contribution < 1.29 is 9.90 Å². The third-order valence-electron chi connectivity index (χ3n) is 4.11. The molecular formula is C14H27NO2. The Kier molecular flexibility index (Phi) is 6.56. The fourth-order valence-corrected chi connectivity index (χ4v) is 3.16. The molecule has 0 aromatic rings. The summed E-state index contributed by atoms with van der Waals surface area (Å²) < 4.78 is 0. The van der Waals surface area contributed by atoms with E-state index in [2.05, 4.69) is 18.7 Å². The van der Waals surface area contributed by atoms with Gasteiger partial charge in [0.25, 0.3) is 0 Å². The predicted octanol–water partition coefficient (Wildman–Crippen LogP) is 3.14. The van der Waals surface area contributed by atoms with E-state index in [4.69, 9.17) is 5.11 Å². The van der Waals surface area contributed by atoms with E-state index in [0.29, 0.717) is 12.3 Å². The van der Waals surface area contributed by atoms with E-state index in [1.54, 1.807) is 0 Å². The molecular weight excluding hydrogens is 214 g/mol. The molecule has 0 bridgehead atoms. The van der Waals surface area contributed by atoms with Crippen LogP contribution in [0.2, 0.25) is 0 Å². The summed E-state index contributed by atoms with van der Waals surface area (Å²) in [6, 6.07) is 0.251. The van der Waals surface area contributed by atoms with Gasteiger partial charge in [-0.2, -0.15) is 0 Å². The van der Waals surface area contributed by atoms with Crippen molar-refractivity contribution in [1.82, 2.24) is 4.90 Å². The lowest BCUT2D eigenvalue weighted by atomic mass is 9.88. The highest BCUT2D eigenvalue weighted by Crippen LogP contribution is 2.29. The van der Waals surface area contributed by atoms with Gasteiger partial charge in [-0.05, 0) is 31.8 Å². The normalized spacial score (nSPS) is 20.2. The molecule has 0 heterocycles. The van der Waals surface area contributed by atoms with Crippen molar-refractivity contribution in [2.45, 2.75) is 64.8 Å². The molecule has 0 aromatic carbocycles. The van der Waals surface area contributed by atoms with E-state index in [-0.39, 0.29) is 6.04 Å². The van der Waals surface area contributed by atoms with E-state index in [0.717, 1.165) is 13.1 Å². The summed E-state index contributed by atoms with van der Waals surface area (Å²) in [5.41, 5.74) is 0. The van der Waals surface area contributed by atoms with Crippen LogP contribution < -0.4 is 0 Å². The van der Waals surface area contributed by atoms with Crippen LogP contribution in [0.5, 0.6) is 0 Å². The van der Waals surface area contributed by atoms with Gasteiger partial charge in [0.15, 0.2) is 0 Å². The maximum Gasteiger partial charge on any atom is 0.304 e. The number of carboxylic acids is 1. The first-order valence-electron chi connectivity index (χ1n) is 7.14. The third kappa shape index (κ3) is 4.66. The molecule has 1 aliphatic rings. The van der Waals surface area contributed by atoms with Gasteiger partial charge in [0.2, 0.25) is 0 Å². The van der Waals surface area contributed by atoms with Gasteiger partial charge in [0, 0.05) is 6.04 Å². The average molecular weight is 241 g/mol. The van der Waals surface area contributed by atoms with E-state index < -0.39 is 5.97 Å². The molecule has 0 saturated heterocycles. The van der Waals surface area contributed by atoms with E-state index in [1.165, 1.54) is 38.5 Å². The predicted molar refractivity (Wildman–Crippen MR) is 70.2 cm³/mol. The molecule has 1 atom stereocenters. The Balaban J connectivity index is 2.68. The third-order valence-corrected chi connectivity index (χ3v) is 4.11. The Hall–Kier alpha value is -0.570. The van der Waals surface area contributed by atoms with Crippen molar-refractivity contribution in [3.8, 4) is 0 Å². The summed E-state index contributed by atoms with van der Waals surface area (Å²) in [6.45, 7) is 6.19. The van der Waals surface area contributed by atoms with Crippen LogP contribution in [-0.4, -0.2) is 35.1 Å². The van der Waals surface area contributed by atoms with Crippen LogP contribution in [0.15, 0.2) is 0 Å². The molecule has 1 aliphatic carbocycles. The van der Waals surface area contributed by atoms with Gasteiger partial charge in [-0.25, -0.2) is 0 Å². The van der Waals surface area contributed by atoms with Crippen molar-refractivity contribution in [3.63, 3.8) is 0 Å². The van der Waals surface area contributed by atoms with Crippen LogP contribution in [0.1, 0.15) is 58.8 Å². The standard InChI is InChI=1S/C14H27NO2/c1-3-15(4-2)13(11-14(16)17)12-9-7-5-6-8-10-12/h12-13H,3-11H2,1-2H3,(H,16,17). The summed E-state index contributed by atoms with van der Waals surface area (Å²) in [5, 5.41) is 9.10. The summed E-state index contributed by atoms with van der Waals surface area (Å²) >= 11 is 0. The van der Waals surface area contributed by atoms with Crippen LogP contribution in [0, 0.1) is 5.92 Å². The summed E-state index contributed by atoms with van der Waals surface area (Å²) in [7, 11) is 0. The molecule has 1 fully saturated rings. The molecule has 0 amide bonds. The lowest BCUT2D eigenvalue weighted by Gasteiger charge is -2.34. The number of rotatable bonds is 6. The number of nitrogens with zero attached hydrogens (tertiary/aromatic N) is 1. The summed E-state index contributed by atoms with van der Waals surface area (Å²) in [4.78, 5) is 13.4. The zero-order valence-corrected chi connectivity index (χ0v) is 11.3. The van der Waals surface area contributed by atoms with Crippen molar-refractivity contribution in [1.29, 1.82) is 0 Å². The maximum atomic E-state index is 11.0. The molecule has 100 valence electrons. The molecule has 17 heavy (non-hydrogen) atoms. The second-order valence-corrected chi connectivity index (χ2v) is 5.14. The second-order valence-electron chi connectivity index (χ2n) is 5.14. The van der Waals surface area contributed by atoms with Crippen molar-refractivity contribution in [2.24, 2.45) is 5.92 Å². The Morgan fingerprint density at radius 2 is 1.71 bits per heavy atom. The minimum Gasteiger partial charge on any atom is -0.481 e. The number of carbonyl (C=O) groups is 1. The van der Waals surface area contributed by atoms with Crippen LogP contribution in [0.25, 0.3) is 0 Å². The first-order chi connectivity index (χ1) is 8.19. The zero-order chi connectivity index (χ0) is 12.7. The Morgan fingerprint density at radius 1 is 1.18 bits per heavy atom. The van der Waals surface area contributed by atoms with Gasteiger partial charge in [-0.1, -0.05) is 39.5 Å². The van der Waals surface area contributed by atoms with Gasteiger partial charge in [0.05, 0.1) is 6.42 Å². The Bertz CT molecular complexity index is 218. The molecule has 0 spiro atoms. The van der Waals surface area contributed by atoms with Crippen molar-refractivity contribution >= 4 is 5.97 Å². The SMILES string of the molecule is CCN(CC)C(CC(=O)O)C1CCCCCC1. The number of carboxylic acid groups (broad SMARTS) is 1. The smallest absolute Gasteiger partial charge is 0.304 e. The van der Waals surface area contributed by atoms with Gasteiger partial charge < -0.3 is 10.0 Å². The second kappa shape index (κ2) is 7.70. The first kappa shape index (κ1) is 14.5. The highest BCUT2D eigenvalue weighted by molar-refractivity contribution is 5.67. The fourth-order valence-electron chi connectivity index (χ4n) is 3.16. The van der Waals surface area contributed by atoms with Crippen LogP contribution >= 0.6 is 0 Å². The van der Waals surface area contributed by atoms with Crippen LogP contribution in [-0.2, 0) is 4.79 Å². The molecule has 1 unspecified atom stereocenters. The topological polar surface area (TPSA) is 40.5 Å². The van der Waals surface area contributed by atoms with Crippen LogP contribution in [0.3, 0.4) is 0 Å². The molecule has 0 radical (unpaired) electrons. The van der Waals surface area contributed by atoms with Crippen LogP contribution in [0.4, 0.5) is 0 Å². The van der Waals surface area contributed by atoms with E-state index in [9.17, 15) is 4.79 Å². The van der Waals surface area contributed by atoms with E-state index >= 15 is 0 Å². The molecule has 1 N–H and O–H groups in total. The average Bonchev–Trinajstić information content (AvgIpc) is 2.57. The van der Waals surface area contributed by atoms with Gasteiger partial charge in [0.1, 0.15) is 0 Å². The Labute approximate surface area is 105 Å². The number of hydrogen-bond donors (Lipinski definition) is 1. The summed E-state index contributed by atoms with van der Waals surface area (Å²) in [6.07, 6.45) is 7.96. The highest BCUT2D eigenvalue weighted by Gasteiger charge is 2.28. The molecule has 3 nitrogen and oxygen atoms in total. The van der Waals surface area contributed by atoms with Gasteiger partial charge in [-0.3, -0.25) is 4.79 Å². The zero-order valence-electron chi connectivity index (χ0n) is 11.3. The quantitative estimate of drug-likeness (QED) is 0.726. The molecule has 1 saturated carbocycles. The highest BCUT2D eigenvalue weighted by atomic mass is 16.4. The number of hydrogen-bond acceptors (Lipinski definition) is 2. The van der Waals surface area contributed by atoms with Crippen molar-refractivity contribution in [3.05, 3.63) is 0 Å². The molecule has 0 aromatic heterocycles. The fraction of sp³-hybridized carbons (Fsp3) is 0.929. The molecule has 1 rings (SSSR count). The largest absolute Gasteiger partial charge is 0.481 e. The minimum atomic E-state index is -0.647. The lowest BCUT2D eigenvalue weighted by molar-refractivity contribution is -0.139. The van der Waals surface area contributed by atoms with Crippen molar-refractivity contribution in [2.75, 3.05) is 13.1 Å².